The Balaban J connectivity index is 2.90. The Morgan fingerprint density at radius 2 is 2.13 bits per heavy atom. The molecule has 2 N–H and O–H groups in total. The number of hydrogen-bond donors (Lipinski definition) is 1. The van der Waals surface area contributed by atoms with Gasteiger partial charge in [-0.3, -0.25) is 0 Å². The third kappa shape index (κ3) is 3.10. The molecule has 0 fully saturated rings. The first-order valence-electron chi connectivity index (χ1n) is 4.69. The summed E-state index contributed by atoms with van der Waals surface area (Å²) in [5, 5.41) is 9.33. The van der Waals surface area contributed by atoms with Gasteiger partial charge >= 0.3 is 0 Å². The monoisotopic (exact) mass is 222 g/mol. The van der Waals surface area contributed by atoms with Gasteiger partial charge in [0, 0.05) is 0 Å². The van der Waals surface area contributed by atoms with Crippen LogP contribution < -0.4 is 5.73 Å². The summed E-state index contributed by atoms with van der Waals surface area (Å²) in [6.07, 6.45) is 0. The average Bonchev–Trinajstić information content (AvgIpc) is 2.14. The van der Waals surface area contributed by atoms with E-state index in [4.69, 9.17) is 11.0 Å². The van der Waals surface area contributed by atoms with Crippen LogP contribution in [0.25, 0.3) is 0 Å². The van der Waals surface area contributed by atoms with Gasteiger partial charge in [0.2, 0.25) is 0 Å². The van der Waals surface area contributed by atoms with Crippen molar-refractivity contribution >= 4 is 17.6 Å². The van der Waals surface area contributed by atoms with Crippen LogP contribution in [-0.2, 0) is 5.75 Å². The van der Waals surface area contributed by atoms with E-state index in [9.17, 15) is 0 Å². The molecule has 15 heavy (non-hydrogen) atoms. The lowest BCUT2D eigenvalue weighted by Crippen LogP contribution is -2.05. The molecule has 5 heteroatoms. The van der Waals surface area contributed by atoms with Gasteiger partial charge in [-0.1, -0.05) is 13.8 Å². The summed E-state index contributed by atoms with van der Waals surface area (Å²) in [5.41, 5.74) is 6.70. The van der Waals surface area contributed by atoms with Crippen LogP contribution >= 0.6 is 11.8 Å². The van der Waals surface area contributed by atoms with Crippen LogP contribution in [0.3, 0.4) is 0 Å². The maximum atomic E-state index is 8.79. The van der Waals surface area contributed by atoms with Crippen molar-refractivity contribution in [2.45, 2.75) is 31.8 Å². The number of anilines is 1. The van der Waals surface area contributed by atoms with Gasteiger partial charge in [-0.25, -0.2) is 9.97 Å². The second-order valence-electron chi connectivity index (χ2n) is 3.46. The molecule has 0 saturated carbocycles. The minimum atomic E-state index is 0.282. The summed E-state index contributed by atoms with van der Waals surface area (Å²) >= 11 is 1.75. The topological polar surface area (TPSA) is 75.6 Å². The summed E-state index contributed by atoms with van der Waals surface area (Å²) in [7, 11) is 0. The van der Waals surface area contributed by atoms with Crippen LogP contribution in [0.5, 0.6) is 0 Å². The Morgan fingerprint density at radius 3 is 2.60 bits per heavy atom. The highest BCUT2D eigenvalue weighted by Crippen LogP contribution is 2.17. The third-order valence-electron chi connectivity index (χ3n) is 1.82. The fourth-order valence-corrected chi connectivity index (χ4v) is 1.71. The van der Waals surface area contributed by atoms with Crippen LogP contribution in [0.15, 0.2) is 0 Å². The Bertz CT molecular complexity index is 372. The molecule has 0 saturated heterocycles. The Labute approximate surface area is 93.9 Å². The fraction of sp³-hybridized carbons (Fsp3) is 0.500. The number of nitrogen functional groups attached to an aromatic ring is 1. The minimum Gasteiger partial charge on any atom is -0.382 e. The van der Waals surface area contributed by atoms with Gasteiger partial charge in [0.1, 0.15) is 23.3 Å². The predicted octanol–water partition coefficient (Wildman–Crippen LogP) is 1.88. The molecule has 0 atom stereocenters. The van der Waals surface area contributed by atoms with E-state index in [-0.39, 0.29) is 5.82 Å². The molecule has 1 rings (SSSR count). The number of thioether (sulfide) groups is 1. The minimum absolute atomic E-state index is 0.282. The second kappa shape index (κ2) is 4.99. The SMILES string of the molecule is Cc1nc(CSC(C)C)nc(N)c1C#N. The van der Waals surface area contributed by atoms with Gasteiger partial charge in [0.05, 0.1) is 11.4 Å². The van der Waals surface area contributed by atoms with Crippen molar-refractivity contribution in [2.75, 3.05) is 5.73 Å². The summed E-state index contributed by atoms with van der Waals surface area (Å²) < 4.78 is 0. The average molecular weight is 222 g/mol. The third-order valence-corrected chi connectivity index (χ3v) is 2.91. The van der Waals surface area contributed by atoms with Crippen LogP contribution in [0, 0.1) is 18.3 Å². The zero-order valence-corrected chi connectivity index (χ0v) is 9.93. The Hall–Kier alpha value is -1.28. The molecule has 80 valence electrons. The molecule has 0 aliphatic heterocycles. The normalized spacial score (nSPS) is 10.3. The molecule has 0 aromatic carbocycles. The first-order chi connectivity index (χ1) is 7.04. The number of nitriles is 1. The van der Waals surface area contributed by atoms with Crippen LogP contribution in [0.4, 0.5) is 5.82 Å². The number of rotatable bonds is 3. The summed E-state index contributed by atoms with van der Waals surface area (Å²) in [4.78, 5) is 8.34. The van der Waals surface area contributed by atoms with Gasteiger partial charge < -0.3 is 5.73 Å². The molecule has 0 aliphatic rings. The maximum absolute atomic E-state index is 8.79. The quantitative estimate of drug-likeness (QED) is 0.845. The highest BCUT2D eigenvalue weighted by Gasteiger charge is 2.08. The molecule has 4 nitrogen and oxygen atoms in total. The molecule has 1 aromatic heterocycles. The van der Waals surface area contributed by atoms with E-state index in [0.717, 1.165) is 5.75 Å². The van der Waals surface area contributed by atoms with E-state index in [1.165, 1.54) is 0 Å². The number of nitrogens with zero attached hydrogens (tertiary/aromatic N) is 3. The number of hydrogen-bond acceptors (Lipinski definition) is 5. The number of aromatic nitrogens is 2. The lowest BCUT2D eigenvalue weighted by atomic mass is 10.2. The van der Waals surface area contributed by atoms with Gasteiger partial charge in [0.25, 0.3) is 0 Å². The highest BCUT2D eigenvalue weighted by molar-refractivity contribution is 7.99. The van der Waals surface area contributed by atoms with Crippen molar-refractivity contribution < 1.29 is 0 Å². The van der Waals surface area contributed by atoms with Crippen molar-refractivity contribution in [2.24, 2.45) is 0 Å². The molecular formula is C10H14N4S. The van der Waals surface area contributed by atoms with E-state index in [1.54, 1.807) is 18.7 Å². The molecule has 0 amide bonds. The zero-order valence-electron chi connectivity index (χ0n) is 9.11. The molecule has 1 heterocycles. The van der Waals surface area contributed by atoms with Crippen LogP contribution in [0.2, 0.25) is 0 Å². The zero-order chi connectivity index (χ0) is 11.4. The van der Waals surface area contributed by atoms with E-state index in [1.807, 2.05) is 6.07 Å². The number of nitrogens with two attached hydrogens (primary N) is 1. The Morgan fingerprint density at radius 1 is 1.47 bits per heavy atom. The first kappa shape index (κ1) is 11.8. The van der Waals surface area contributed by atoms with E-state index in [2.05, 4.69) is 23.8 Å². The molecule has 0 radical (unpaired) electrons. The lowest BCUT2D eigenvalue weighted by Gasteiger charge is -2.06. The van der Waals surface area contributed by atoms with Gasteiger partial charge in [-0.05, 0) is 12.2 Å². The second-order valence-corrected chi connectivity index (χ2v) is 5.02. The van der Waals surface area contributed by atoms with Crippen molar-refractivity contribution in [3.8, 4) is 6.07 Å². The van der Waals surface area contributed by atoms with Crippen LogP contribution in [0.1, 0.15) is 30.9 Å². The standard InChI is InChI=1S/C10H14N4S/c1-6(2)15-5-9-13-7(3)8(4-11)10(12)14-9/h6H,5H2,1-3H3,(H2,12,13,14). The molecule has 0 bridgehead atoms. The van der Waals surface area contributed by atoms with E-state index >= 15 is 0 Å². The highest BCUT2D eigenvalue weighted by atomic mass is 32.2. The van der Waals surface area contributed by atoms with Crippen molar-refractivity contribution in [1.29, 1.82) is 5.26 Å². The largest absolute Gasteiger partial charge is 0.382 e. The fourth-order valence-electron chi connectivity index (χ4n) is 1.10. The Kier molecular flexibility index (Phi) is 3.92. The molecule has 0 aliphatic carbocycles. The van der Waals surface area contributed by atoms with Crippen molar-refractivity contribution in [1.82, 2.24) is 9.97 Å². The summed E-state index contributed by atoms with van der Waals surface area (Å²) in [6, 6.07) is 2.00. The lowest BCUT2D eigenvalue weighted by molar-refractivity contribution is 0.987. The van der Waals surface area contributed by atoms with Gasteiger partial charge in [0.15, 0.2) is 0 Å². The van der Waals surface area contributed by atoms with Crippen LogP contribution in [-0.4, -0.2) is 15.2 Å². The summed E-state index contributed by atoms with van der Waals surface area (Å²) in [6.45, 7) is 6.01. The molecular weight excluding hydrogens is 208 g/mol. The van der Waals surface area contributed by atoms with Crippen molar-refractivity contribution in [3.05, 3.63) is 17.1 Å². The molecule has 0 spiro atoms. The van der Waals surface area contributed by atoms with Crippen molar-refractivity contribution in [3.63, 3.8) is 0 Å². The maximum Gasteiger partial charge on any atom is 0.145 e. The first-order valence-corrected chi connectivity index (χ1v) is 5.74. The molecule has 1 aromatic rings. The predicted molar refractivity (Wildman–Crippen MR) is 62.3 cm³/mol. The molecule has 0 unspecified atom stereocenters. The van der Waals surface area contributed by atoms with Gasteiger partial charge in [-0.2, -0.15) is 17.0 Å². The smallest absolute Gasteiger partial charge is 0.145 e. The van der Waals surface area contributed by atoms with Gasteiger partial charge in [-0.15, -0.1) is 0 Å². The number of aryl methyl sites for hydroxylation is 1. The van der Waals surface area contributed by atoms with E-state index < -0.39 is 0 Å². The van der Waals surface area contributed by atoms with E-state index in [0.29, 0.717) is 22.3 Å². The summed E-state index contributed by atoms with van der Waals surface area (Å²) in [5.74, 6) is 1.71.